The summed E-state index contributed by atoms with van der Waals surface area (Å²) in [6.07, 6.45) is 1.98. The molecule has 1 amide bonds. The van der Waals surface area contributed by atoms with Crippen LogP contribution in [0.15, 0.2) is 48.5 Å². The minimum atomic E-state index is -0.702. The molecule has 0 unspecified atom stereocenters. The van der Waals surface area contributed by atoms with Gasteiger partial charge in [0.25, 0.3) is 0 Å². The molecule has 1 atom stereocenters. The maximum Gasteiger partial charge on any atom is 0.245 e. The Bertz CT molecular complexity index is 723. The molecule has 24 heavy (non-hydrogen) atoms. The summed E-state index contributed by atoms with van der Waals surface area (Å²) in [7, 11) is 1.64. The molecule has 4 heteroatoms. The van der Waals surface area contributed by atoms with Crippen LogP contribution >= 0.6 is 0 Å². The maximum absolute atomic E-state index is 12.8. The van der Waals surface area contributed by atoms with E-state index < -0.39 is 5.54 Å². The lowest BCUT2D eigenvalue weighted by molar-refractivity contribution is -0.125. The molecule has 0 saturated carbocycles. The molecule has 0 spiro atoms. The van der Waals surface area contributed by atoms with Gasteiger partial charge in [-0.1, -0.05) is 24.3 Å². The lowest BCUT2D eigenvalue weighted by Crippen LogP contribution is -2.48. The fourth-order valence-electron chi connectivity index (χ4n) is 3.14. The van der Waals surface area contributed by atoms with Crippen LogP contribution in [0.5, 0.6) is 5.75 Å². The van der Waals surface area contributed by atoms with E-state index in [1.54, 1.807) is 7.11 Å². The van der Waals surface area contributed by atoms with E-state index in [0.717, 1.165) is 24.3 Å². The lowest BCUT2D eigenvalue weighted by Gasteiger charge is -2.28. The highest BCUT2D eigenvalue weighted by Crippen LogP contribution is 2.31. The van der Waals surface area contributed by atoms with E-state index in [9.17, 15) is 4.79 Å². The third-order valence-corrected chi connectivity index (χ3v) is 4.55. The van der Waals surface area contributed by atoms with Crippen LogP contribution in [0.1, 0.15) is 37.4 Å². The zero-order valence-corrected chi connectivity index (χ0v) is 14.4. The summed E-state index contributed by atoms with van der Waals surface area (Å²) in [6.45, 7) is 3.79. The van der Waals surface area contributed by atoms with Crippen LogP contribution in [-0.4, -0.2) is 18.6 Å². The summed E-state index contributed by atoms with van der Waals surface area (Å²) in [6, 6.07) is 16.0. The molecular weight excluding hydrogens is 300 g/mol. The summed E-state index contributed by atoms with van der Waals surface area (Å²) >= 11 is 0. The second-order valence-electron chi connectivity index (χ2n) is 6.74. The minimum absolute atomic E-state index is 0.0000196. The lowest BCUT2D eigenvalue weighted by atomic mass is 10.0. The molecule has 4 nitrogen and oxygen atoms in total. The number of rotatable bonds is 5. The smallest absolute Gasteiger partial charge is 0.245 e. The highest BCUT2D eigenvalue weighted by molar-refractivity contribution is 5.89. The number of nitrogens with one attached hydrogen (secondary N) is 2. The number of amides is 1. The molecule has 2 aromatic rings. The predicted molar refractivity (Wildman–Crippen MR) is 96.3 cm³/mol. The van der Waals surface area contributed by atoms with Crippen molar-refractivity contribution in [3.05, 3.63) is 59.7 Å². The van der Waals surface area contributed by atoms with Crippen LogP contribution in [0.3, 0.4) is 0 Å². The van der Waals surface area contributed by atoms with Crippen molar-refractivity contribution in [2.24, 2.45) is 0 Å². The number of fused-ring (bicyclic) bond motifs is 1. The monoisotopic (exact) mass is 324 g/mol. The van der Waals surface area contributed by atoms with Crippen LogP contribution in [0.4, 0.5) is 5.69 Å². The Morgan fingerprint density at radius 2 is 1.83 bits per heavy atom. The van der Waals surface area contributed by atoms with Crippen molar-refractivity contribution < 1.29 is 9.53 Å². The third kappa shape index (κ3) is 3.37. The number of ether oxygens (including phenoxy) is 1. The summed E-state index contributed by atoms with van der Waals surface area (Å²) in [5.41, 5.74) is 2.77. The molecular formula is C20H24N2O2. The van der Waals surface area contributed by atoms with E-state index in [1.165, 1.54) is 11.1 Å². The molecule has 0 heterocycles. The van der Waals surface area contributed by atoms with Gasteiger partial charge in [0.15, 0.2) is 0 Å². The Labute approximate surface area is 143 Å². The number of aryl methyl sites for hydroxylation is 1. The number of carbonyl (C=O) groups excluding carboxylic acids is 1. The molecule has 0 fully saturated rings. The van der Waals surface area contributed by atoms with Crippen molar-refractivity contribution >= 4 is 11.6 Å². The van der Waals surface area contributed by atoms with Gasteiger partial charge in [-0.15, -0.1) is 0 Å². The number of hydrogen-bond donors (Lipinski definition) is 2. The van der Waals surface area contributed by atoms with Gasteiger partial charge in [-0.3, -0.25) is 4.79 Å². The largest absolute Gasteiger partial charge is 0.497 e. The average Bonchev–Trinajstić information content (AvgIpc) is 2.98. The van der Waals surface area contributed by atoms with Crippen molar-refractivity contribution in [3.8, 4) is 5.75 Å². The van der Waals surface area contributed by atoms with Crippen LogP contribution in [-0.2, 0) is 11.2 Å². The second-order valence-corrected chi connectivity index (χ2v) is 6.74. The number of methoxy groups -OCH3 is 1. The van der Waals surface area contributed by atoms with E-state index in [2.05, 4.69) is 28.8 Å². The summed E-state index contributed by atoms with van der Waals surface area (Å²) in [4.78, 5) is 12.8. The first kappa shape index (κ1) is 16.4. The van der Waals surface area contributed by atoms with Crippen molar-refractivity contribution in [1.82, 2.24) is 5.32 Å². The van der Waals surface area contributed by atoms with Gasteiger partial charge >= 0.3 is 0 Å². The minimum Gasteiger partial charge on any atom is -0.497 e. The standard InChI is InChI=1S/C20H24N2O2/c1-20(2,22-15-9-11-16(24-3)12-10-15)19(23)21-18-13-8-14-6-4-5-7-17(14)18/h4-7,9-12,18,22H,8,13H2,1-3H3,(H,21,23)/t18-/m1/s1. The zero-order chi connectivity index (χ0) is 17.2. The molecule has 126 valence electrons. The number of benzene rings is 2. The third-order valence-electron chi connectivity index (χ3n) is 4.55. The van der Waals surface area contributed by atoms with E-state index in [4.69, 9.17) is 4.74 Å². The fraction of sp³-hybridized carbons (Fsp3) is 0.350. The van der Waals surface area contributed by atoms with Gasteiger partial charge in [-0.25, -0.2) is 0 Å². The predicted octanol–water partition coefficient (Wildman–Crippen LogP) is 3.69. The normalized spacial score (nSPS) is 16.4. The Balaban J connectivity index is 1.67. The number of anilines is 1. The molecule has 0 aromatic heterocycles. The molecule has 0 radical (unpaired) electrons. The highest BCUT2D eigenvalue weighted by Gasteiger charge is 2.31. The quantitative estimate of drug-likeness (QED) is 0.882. The van der Waals surface area contributed by atoms with Gasteiger partial charge in [-0.05, 0) is 62.1 Å². The second kappa shape index (κ2) is 6.56. The van der Waals surface area contributed by atoms with Gasteiger partial charge in [-0.2, -0.15) is 0 Å². The van der Waals surface area contributed by atoms with Gasteiger partial charge in [0.1, 0.15) is 11.3 Å². The Morgan fingerprint density at radius 1 is 1.12 bits per heavy atom. The molecule has 1 aliphatic carbocycles. The first-order valence-electron chi connectivity index (χ1n) is 8.30. The van der Waals surface area contributed by atoms with Crippen molar-refractivity contribution in [2.75, 3.05) is 12.4 Å². The Hall–Kier alpha value is -2.49. The fourth-order valence-corrected chi connectivity index (χ4v) is 3.14. The van der Waals surface area contributed by atoms with Crippen molar-refractivity contribution in [2.45, 2.75) is 38.3 Å². The Kier molecular flexibility index (Phi) is 4.47. The SMILES string of the molecule is COc1ccc(NC(C)(C)C(=O)N[C@@H]2CCc3ccccc32)cc1. The average molecular weight is 324 g/mol. The molecule has 3 rings (SSSR count). The number of carbonyl (C=O) groups is 1. The molecule has 2 N–H and O–H groups in total. The van der Waals surface area contributed by atoms with Crippen LogP contribution in [0.25, 0.3) is 0 Å². The highest BCUT2D eigenvalue weighted by atomic mass is 16.5. The van der Waals surface area contributed by atoms with E-state index in [0.29, 0.717) is 0 Å². The molecule has 2 aromatic carbocycles. The Morgan fingerprint density at radius 3 is 2.54 bits per heavy atom. The van der Waals surface area contributed by atoms with Gasteiger partial charge in [0.2, 0.25) is 5.91 Å². The van der Waals surface area contributed by atoms with E-state index >= 15 is 0 Å². The van der Waals surface area contributed by atoms with Crippen LogP contribution in [0.2, 0.25) is 0 Å². The number of hydrogen-bond acceptors (Lipinski definition) is 3. The first-order chi connectivity index (χ1) is 11.5. The van der Waals surface area contributed by atoms with E-state index in [-0.39, 0.29) is 11.9 Å². The van der Waals surface area contributed by atoms with Crippen LogP contribution < -0.4 is 15.4 Å². The van der Waals surface area contributed by atoms with Crippen molar-refractivity contribution in [3.63, 3.8) is 0 Å². The molecule has 0 saturated heterocycles. The van der Waals surface area contributed by atoms with Gasteiger partial charge in [0, 0.05) is 5.69 Å². The van der Waals surface area contributed by atoms with E-state index in [1.807, 2.05) is 44.2 Å². The van der Waals surface area contributed by atoms with Gasteiger partial charge in [0.05, 0.1) is 13.2 Å². The summed E-state index contributed by atoms with van der Waals surface area (Å²) < 4.78 is 5.16. The maximum atomic E-state index is 12.8. The molecule has 0 aliphatic heterocycles. The van der Waals surface area contributed by atoms with Gasteiger partial charge < -0.3 is 15.4 Å². The van der Waals surface area contributed by atoms with Crippen molar-refractivity contribution in [1.29, 1.82) is 0 Å². The summed E-state index contributed by atoms with van der Waals surface area (Å²) in [5.74, 6) is 0.797. The zero-order valence-electron chi connectivity index (χ0n) is 14.4. The molecule has 0 bridgehead atoms. The topological polar surface area (TPSA) is 50.4 Å². The molecule has 1 aliphatic rings. The first-order valence-corrected chi connectivity index (χ1v) is 8.30. The van der Waals surface area contributed by atoms with Crippen LogP contribution in [0, 0.1) is 0 Å². The summed E-state index contributed by atoms with van der Waals surface area (Å²) in [5, 5.41) is 6.49.